The highest BCUT2D eigenvalue weighted by Crippen LogP contribution is 2.31. The van der Waals surface area contributed by atoms with Gasteiger partial charge in [0.05, 0.1) is 24.7 Å². The van der Waals surface area contributed by atoms with E-state index in [4.69, 9.17) is 13.7 Å². The molecule has 0 aromatic heterocycles. The van der Waals surface area contributed by atoms with Crippen molar-refractivity contribution in [3.05, 3.63) is 65.7 Å². The number of benzene rings is 2. The maximum Gasteiger partial charge on any atom is 0.297 e. The van der Waals surface area contributed by atoms with Crippen LogP contribution < -0.4 is 0 Å². The van der Waals surface area contributed by atoms with E-state index >= 15 is 0 Å². The molecule has 1 aliphatic heterocycles. The monoisotopic (exact) mass is 408 g/mol. The van der Waals surface area contributed by atoms with Gasteiger partial charge in [-0.1, -0.05) is 48.0 Å². The van der Waals surface area contributed by atoms with E-state index < -0.39 is 41.1 Å². The summed E-state index contributed by atoms with van der Waals surface area (Å²) in [6.45, 7) is 0.899. The van der Waals surface area contributed by atoms with Gasteiger partial charge < -0.3 is 19.7 Å². The second-order valence-electron chi connectivity index (χ2n) is 6.85. The minimum atomic E-state index is -4.05. The molecule has 0 bridgehead atoms. The largest absolute Gasteiger partial charge is 0.393 e. The molecule has 1 aliphatic rings. The van der Waals surface area contributed by atoms with E-state index in [1.54, 1.807) is 12.1 Å². The summed E-state index contributed by atoms with van der Waals surface area (Å²) in [5.74, 6) is 0. The predicted octanol–water partition coefficient (Wildman–Crippen LogP) is 1.41. The van der Waals surface area contributed by atoms with Crippen LogP contribution in [0.3, 0.4) is 0 Å². The summed E-state index contributed by atoms with van der Waals surface area (Å²) in [5, 5.41) is 20.2. The van der Waals surface area contributed by atoms with Gasteiger partial charge in [-0.15, -0.1) is 0 Å². The van der Waals surface area contributed by atoms with Crippen molar-refractivity contribution < 1.29 is 32.3 Å². The van der Waals surface area contributed by atoms with Crippen molar-refractivity contribution >= 4 is 10.1 Å². The Morgan fingerprint density at radius 1 is 1.14 bits per heavy atom. The van der Waals surface area contributed by atoms with Crippen LogP contribution in [0.1, 0.15) is 11.1 Å². The van der Waals surface area contributed by atoms with Crippen LogP contribution in [-0.4, -0.2) is 56.3 Å². The first-order valence-corrected chi connectivity index (χ1v) is 10.3. The van der Waals surface area contributed by atoms with E-state index in [0.29, 0.717) is 0 Å². The summed E-state index contributed by atoms with van der Waals surface area (Å²) < 4.78 is 41.4. The van der Waals surface area contributed by atoms with E-state index in [-0.39, 0.29) is 18.1 Å². The van der Waals surface area contributed by atoms with Gasteiger partial charge in [-0.3, -0.25) is 4.18 Å². The zero-order valence-corrected chi connectivity index (χ0v) is 16.3. The lowest BCUT2D eigenvalue weighted by Gasteiger charge is -2.32. The quantitative estimate of drug-likeness (QED) is 0.637. The summed E-state index contributed by atoms with van der Waals surface area (Å²) in [7, 11) is -4.05. The molecular weight excluding hydrogens is 384 g/mol. The highest BCUT2D eigenvalue weighted by Gasteiger charge is 2.51. The number of aryl methyl sites for hydroxylation is 1. The minimum absolute atomic E-state index is 0.00601. The molecule has 3 unspecified atom stereocenters. The zero-order valence-electron chi connectivity index (χ0n) is 15.5. The number of rotatable bonds is 8. The van der Waals surface area contributed by atoms with Crippen molar-refractivity contribution in [3.63, 3.8) is 0 Å². The average molecular weight is 408 g/mol. The maximum atomic E-state index is 12.5. The molecule has 1 saturated heterocycles. The standard InChI is InChI=1S/C20H24O7S/c1-15-7-9-17(10-8-15)28(23,24)27-14-20(13-21)19(18(22)12-26-20)25-11-16-5-3-2-4-6-16/h2-10,18-19,21-22H,11-14H2,1H3. The second kappa shape index (κ2) is 8.69. The van der Waals surface area contributed by atoms with Gasteiger partial charge in [0.2, 0.25) is 0 Å². The van der Waals surface area contributed by atoms with Crippen molar-refractivity contribution in [1.82, 2.24) is 0 Å². The Labute approximate surface area is 164 Å². The average Bonchev–Trinajstić information content (AvgIpc) is 3.02. The van der Waals surface area contributed by atoms with Gasteiger partial charge in [-0.25, -0.2) is 0 Å². The number of hydrogen-bond donors (Lipinski definition) is 2. The molecular formula is C20H24O7S. The van der Waals surface area contributed by atoms with Gasteiger partial charge >= 0.3 is 0 Å². The van der Waals surface area contributed by atoms with Crippen LogP contribution in [0.25, 0.3) is 0 Å². The number of aliphatic hydroxyl groups excluding tert-OH is 2. The van der Waals surface area contributed by atoms with Gasteiger partial charge in [0.25, 0.3) is 10.1 Å². The van der Waals surface area contributed by atoms with E-state index in [9.17, 15) is 18.6 Å². The summed E-state index contributed by atoms with van der Waals surface area (Å²) in [4.78, 5) is 0.00601. The molecule has 1 fully saturated rings. The molecule has 8 heteroatoms. The lowest BCUT2D eigenvalue weighted by atomic mass is 9.97. The normalized spacial score (nSPS) is 25.1. The fraction of sp³-hybridized carbons (Fsp3) is 0.400. The Bertz CT molecular complexity index is 867. The first-order valence-electron chi connectivity index (χ1n) is 8.91. The van der Waals surface area contributed by atoms with E-state index in [0.717, 1.165) is 11.1 Å². The molecule has 0 aliphatic carbocycles. The van der Waals surface area contributed by atoms with E-state index in [1.807, 2.05) is 37.3 Å². The molecule has 7 nitrogen and oxygen atoms in total. The molecule has 28 heavy (non-hydrogen) atoms. The Balaban J connectivity index is 1.72. The fourth-order valence-corrected chi connectivity index (χ4v) is 4.01. The van der Waals surface area contributed by atoms with Gasteiger partial charge in [0.1, 0.15) is 24.4 Å². The zero-order chi connectivity index (χ0) is 20.2. The van der Waals surface area contributed by atoms with Crippen LogP contribution in [0.2, 0.25) is 0 Å². The fourth-order valence-electron chi connectivity index (χ4n) is 3.05. The molecule has 1 heterocycles. The molecule has 2 N–H and O–H groups in total. The van der Waals surface area contributed by atoms with Gasteiger partial charge in [-0.05, 0) is 24.6 Å². The van der Waals surface area contributed by atoms with Crippen molar-refractivity contribution in [2.45, 2.75) is 36.2 Å². The first-order chi connectivity index (χ1) is 13.4. The molecule has 152 valence electrons. The summed E-state index contributed by atoms with van der Waals surface area (Å²) in [6.07, 6.45) is -1.95. The third-order valence-electron chi connectivity index (χ3n) is 4.72. The van der Waals surface area contributed by atoms with Crippen molar-refractivity contribution in [2.24, 2.45) is 0 Å². The van der Waals surface area contributed by atoms with Crippen LogP contribution in [0.5, 0.6) is 0 Å². The van der Waals surface area contributed by atoms with Gasteiger partial charge in [0, 0.05) is 0 Å². The Hall–Kier alpha value is -1.81. The smallest absolute Gasteiger partial charge is 0.297 e. The predicted molar refractivity (Wildman–Crippen MR) is 101 cm³/mol. The molecule has 0 spiro atoms. The second-order valence-corrected chi connectivity index (χ2v) is 8.46. The van der Waals surface area contributed by atoms with Crippen LogP contribution in [0.4, 0.5) is 0 Å². The Morgan fingerprint density at radius 3 is 2.46 bits per heavy atom. The summed E-state index contributed by atoms with van der Waals surface area (Å²) in [6, 6.07) is 15.5. The van der Waals surface area contributed by atoms with Crippen molar-refractivity contribution in [3.8, 4) is 0 Å². The van der Waals surface area contributed by atoms with Crippen LogP contribution in [0.15, 0.2) is 59.5 Å². The molecule has 0 saturated carbocycles. The third kappa shape index (κ3) is 4.60. The van der Waals surface area contributed by atoms with Crippen LogP contribution in [-0.2, 0) is 30.4 Å². The molecule has 0 amide bonds. The van der Waals surface area contributed by atoms with Gasteiger partial charge in [0.15, 0.2) is 0 Å². The highest BCUT2D eigenvalue weighted by atomic mass is 32.2. The topological polar surface area (TPSA) is 102 Å². The first kappa shape index (κ1) is 20.9. The minimum Gasteiger partial charge on any atom is -0.393 e. The summed E-state index contributed by atoms with van der Waals surface area (Å²) >= 11 is 0. The van der Waals surface area contributed by atoms with Crippen LogP contribution in [0, 0.1) is 6.92 Å². The van der Waals surface area contributed by atoms with Crippen molar-refractivity contribution in [2.75, 3.05) is 19.8 Å². The lowest BCUT2D eigenvalue weighted by molar-refractivity contribution is -0.141. The van der Waals surface area contributed by atoms with Gasteiger partial charge in [-0.2, -0.15) is 8.42 Å². The summed E-state index contributed by atoms with van der Waals surface area (Å²) in [5.41, 5.74) is 0.315. The van der Waals surface area contributed by atoms with Crippen molar-refractivity contribution in [1.29, 1.82) is 0 Å². The molecule has 0 radical (unpaired) electrons. The molecule has 3 rings (SSSR count). The van der Waals surface area contributed by atoms with Crippen LogP contribution >= 0.6 is 0 Å². The number of hydrogen-bond acceptors (Lipinski definition) is 7. The third-order valence-corrected chi connectivity index (χ3v) is 6.00. The Morgan fingerprint density at radius 2 is 1.82 bits per heavy atom. The SMILES string of the molecule is Cc1ccc(S(=O)(=O)OCC2(CO)OCC(O)C2OCc2ccccc2)cc1. The molecule has 3 atom stereocenters. The highest BCUT2D eigenvalue weighted by molar-refractivity contribution is 7.86. The van der Waals surface area contributed by atoms with E-state index in [1.165, 1.54) is 12.1 Å². The molecule has 2 aromatic carbocycles. The maximum absolute atomic E-state index is 12.5. The van der Waals surface area contributed by atoms with E-state index in [2.05, 4.69) is 0 Å². The molecule has 2 aromatic rings. The lowest BCUT2D eigenvalue weighted by Crippen LogP contribution is -2.51. The number of aliphatic hydroxyl groups is 2. The Kier molecular flexibility index (Phi) is 6.49. The number of ether oxygens (including phenoxy) is 2.